The number of rotatable bonds is 2. The molecule has 0 bridgehead atoms. The quantitative estimate of drug-likeness (QED) is 0.592. The van der Waals surface area contributed by atoms with Gasteiger partial charge in [-0.3, -0.25) is 0 Å². The number of benzene rings is 1. The summed E-state index contributed by atoms with van der Waals surface area (Å²) < 4.78 is 11.2. The largest absolute Gasteiger partial charge is 0.494 e. The monoisotopic (exact) mass is 164 g/mol. The van der Waals surface area contributed by atoms with Gasteiger partial charge < -0.3 is 9.47 Å². The Hall–Kier alpha value is -0.648. The third-order valence-electron chi connectivity index (χ3n) is 1.43. The van der Waals surface area contributed by atoms with Crippen molar-refractivity contribution in [2.45, 2.75) is 0 Å². The van der Waals surface area contributed by atoms with Gasteiger partial charge in [0, 0.05) is 0 Å². The van der Waals surface area contributed by atoms with Gasteiger partial charge in [-0.2, -0.15) is 0 Å². The fourth-order valence-corrected chi connectivity index (χ4v) is 1.28. The van der Waals surface area contributed by atoms with Crippen LogP contribution in [0.3, 0.4) is 0 Å². The number of methoxy groups -OCH3 is 2. The molecule has 1 rings (SSSR count). The fraction of sp³-hybridized carbons (Fsp3) is 0.250. The molecule has 0 aliphatic carbocycles. The molecule has 1 aromatic rings. The molecular weight excluding hydrogens is 155 g/mol. The van der Waals surface area contributed by atoms with E-state index in [2.05, 4.69) is 16.3 Å². The van der Waals surface area contributed by atoms with Crippen molar-refractivity contribution in [3.05, 3.63) is 18.2 Å². The molecule has 3 heteroatoms. The van der Waals surface area contributed by atoms with Gasteiger partial charge in [0.25, 0.3) is 0 Å². The van der Waals surface area contributed by atoms with Crippen molar-refractivity contribution in [3.8, 4) is 11.5 Å². The first-order chi connectivity index (χ1) is 5.29. The minimum absolute atomic E-state index is 0.764. The van der Waals surface area contributed by atoms with Gasteiger partial charge in [-0.15, -0.1) is 0 Å². The molecule has 56 valence electrons. The minimum Gasteiger partial charge on any atom is -0.494 e. The van der Waals surface area contributed by atoms with Crippen LogP contribution < -0.4 is 13.9 Å². The summed E-state index contributed by atoms with van der Waals surface area (Å²) in [4.78, 5) is 0. The first kappa shape index (κ1) is 8.45. The van der Waals surface area contributed by atoms with E-state index in [1.807, 2.05) is 18.2 Å². The summed E-state index contributed by atoms with van der Waals surface area (Å²) in [5.74, 6) is 1.54. The molecule has 0 amide bonds. The van der Waals surface area contributed by atoms with Crippen LogP contribution in [0.25, 0.3) is 0 Å². The molecule has 0 aliphatic heterocycles. The predicted octanol–water partition coefficient (Wildman–Crippen LogP) is 0.498. The predicted molar refractivity (Wildman–Crippen MR) is 44.9 cm³/mol. The first-order valence-corrected chi connectivity index (χ1v) is 3.83. The standard InChI is InChI=1S/C8H9O2.Al/c1-9-7-5-3-4-6-8(7)10-2;/h3-5H,1-2H3;. The molecule has 0 spiro atoms. The number of hydrogen-bond donors (Lipinski definition) is 0. The molecule has 11 heavy (non-hydrogen) atoms. The topological polar surface area (TPSA) is 18.5 Å². The maximum Gasteiger partial charge on any atom is 0.182 e. The molecule has 0 heterocycles. The van der Waals surface area contributed by atoms with Crippen LogP contribution in [0, 0.1) is 0 Å². The molecular formula is C8H9AlO2. The lowest BCUT2D eigenvalue weighted by Gasteiger charge is -2.09. The van der Waals surface area contributed by atoms with Crippen LogP contribution in [0.15, 0.2) is 18.2 Å². The zero-order valence-corrected chi connectivity index (χ0v) is 7.78. The molecule has 0 saturated carbocycles. The van der Waals surface area contributed by atoms with Gasteiger partial charge in [0.05, 0.1) is 14.2 Å². The van der Waals surface area contributed by atoms with Crippen molar-refractivity contribution >= 4 is 20.7 Å². The molecule has 2 radical (unpaired) electrons. The van der Waals surface area contributed by atoms with Gasteiger partial charge >= 0.3 is 0 Å². The number of hydrogen-bond acceptors (Lipinski definition) is 2. The van der Waals surface area contributed by atoms with E-state index in [4.69, 9.17) is 9.47 Å². The SMILES string of the molecule is COc1ccc[c]([Al])c1OC. The van der Waals surface area contributed by atoms with Crippen molar-refractivity contribution in [1.82, 2.24) is 0 Å². The Morgan fingerprint density at radius 2 is 1.91 bits per heavy atom. The maximum atomic E-state index is 5.12. The summed E-state index contributed by atoms with van der Waals surface area (Å²) in [5.41, 5.74) is 0. The van der Waals surface area contributed by atoms with E-state index in [0.29, 0.717) is 0 Å². The maximum absolute atomic E-state index is 5.12. The third-order valence-corrected chi connectivity index (χ3v) is 1.89. The van der Waals surface area contributed by atoms with E-state index in [9.17, 15) is 0 Å². The van der Waals surface area contributed by atoms with E-state index in [-0.39, 0.29) is 0 Å². The Balaban J connectivity index is 3.13. The highest BCUT2D eigenvalue weighted by molar-refractivity contribution is 6.34. The lowest BCUT2D eigenvalue weighted by molar-refractivity contribution is 0.357. The minimum atomic E-state index is 0.764. The van der Waals surface area contributed by atoms with Gasteiger partial charge in [-0.25, -0.2) is 0 Å². The van der Waals surface area contributed by atoms with Crippen LogP contribution in [-0.4, -0.2) is 30.5 Å². The molecule has 0 fully saturated rings. The van der Waals surface area contributed by atoms with Crippen molar-refractivity contribution in [1.29, 1.82) is 0 Å². The van der Waals surface area contributed by atoms with Gasteiger partial charge in [-0.05, 0) is 6.07 Å². The Labute approximate surface area is 74.6 Å². The first-order valence-electron chi connectivity index (χ1n) is 3.26. The van der Waals surface area contributed by atoms with Gasteiger partial charge in [0.15, 0.2) is 22.0 Å². The summed E-state index contributed by atoms with van der Waals surface area (Å²) in [7, 11) is 3.26. The van der Waals surface area contributed by atoms with E-state index in [0.717, 1.165) is 15.9 Å². The lowest BCUT2D eigenvalue weighted by atomic mass is 10.3. The fourth-order valence-electron chi connectivity index (χ4n) is 0.912. The summed E-state index contributed by atoms with van der Waals surface area (Å²) >= 11 is 2.59. The van der Waals surface area contributed by atoms with E-state index >= 15 is 0 Å². The van der Waals surface area contributed by atoms with E-state index in [1.165, 1.54) is 0 Å². The molecule has 0 aliphatic rings. The second-order valence-corrected chi connectivity index (χ2v) is 2.70. The van der Waals surface area contributed by atoms with Gasteiger partial charge in [0.2, 0.25) is 0 Å². The Morgan fingerprint density at radius 3 is 2.36 bits per heavy atom. The Morgan fingerprint density at radius 1 is 1.18 bits per heavy atom. The molecule has 0 aromatic heterocycles. The lowest BCUT2D eigenvalue weighted by Crippen LogP contribution is -2.07. The third kappa shape index (κ3) is 1.68. The second kappa shape index (κ2) is 3.66. The van der Waals surface area contributed by atoms with Crippen LogP contribution in [0.4, 0.5) is 0 Å². The Kier molecular flexibility index (Phi) is 2.81. The van der Waals surface area contributed by atoms with Crippen LogP contribution >= 0.6 is 0 Å². The van der Waals surface area contributed by atoms with Crippen molar-refractivity contribution < 1.29 is 9.47 Å². The summed E-state index contributed by atoms with van der Waals surface area (Å²) in [6.07, 6.45) is 0. The molecule has 0 saturated heterocycles. The van der Waals surface area contributed by atoms with Crippen molar-refractivity contribution in [3.63, 3.8) is 0 Å². The normalized spacial score (nSPS) is 9.27. The van der Waals surface area contributed by atoms with E-state index in [1.54, 1.807) is 14.2 Å². The van der Waals surface area contributed by atoms with Gasteiger partial charge in [-0.1, -0.05) is 16.6 Å². The van der Waals surface area contributed by atoms with Crippen LogP contribution in [0.5, 0.6) is 11.5 Å². The summed E-state index contributed by atoms with van der Waals surface area (Å²) in [6, 6.07) is 5.74. The highest BCUT2D eigenvalue weighted by Gasteiger charge is 2.02. The van der Waals surface area contributed by atoms with Crippen LogP contribution in [-0.2, 0) is 0 Å². The van der Waals surface area contributed by atoms with Crippen LogP contribution in [0.2, 0.25) is 0 Å². The second-order valence-electron chi connectivity index (χ2n) is 2.08. The summed E-state index contributed by atoms with van der Waals surface area (Å²) in [6.45, 7) is 0. The summed E-state index contributed by atoms with van der Waals surface area (Å²) in [5, 5.41) is 0. The zero-order valence-electron chi connectivity index (χ0n) is 6.63. The zero-order chi connectivity index (χ0) is 8.27. The molecule has 2 nitrogen and oxygen atoms in total. The molecule has 0 atom stereocenters. The molecule has 0 unspecified atom stereocenters. The van der Waals surface area contributed by atoms with Crippen molar-refractivity contribution in [2.24, 2.45) is 0 Å². The Bertz CT molecular complexity index is 248. The number of para-hydroxylation sites is 1. The average Bonchev–Trinajstić information content (AvgIpc) is 2.04. The van der Waals surface area contributed by atoms with Crippen molar-refractivity contribution in [2.75, 3.05) is 14.2 Å². The smallest absolute Gasteiger partial charge is 0.182 e. The molecule has 0 N–H and O–H groups in total. The number of ether oxygens (including phenoxy) is 2. The van der Waals surface area contributed by atoms with Gasteiger partial charge in [0.1, 0.15) is 5.75 Å². The van der Waals surface area contributed by atoms with E-state index < -0.39 is 0 Å². The highest BCUT2D eigenvalue weighted by atomic mass is 27.0. The molecule has 1 aromatic carbocycles. The van der Waals surface area contributed by atoms with Crippen LogP contribution in [0.1, 0.15) is 0 Å². The average molecular weight is 164 g/mol. The highest BCUT2D eigenvalue weighted by Crippen LogP contribution is 2.22.